The fraction of sp³-hybridized carbons (Fsp3) is 0.500. The van der Waals surface area contributed by atoms with Gasteiger partial charge in [-0.1, -0.05) is 0 Å². The summed E-state index contributed by atoms with van der Waals surface area (Å²) in [5, 5.41) is 12.1. The van der Waals surface area contributed by atoms with Crippen molar-refractivity contribution in [2.24, 2.45) is 5.92 Å². The Bertz CT molecular complexity index is 631. The van der Waals surface area contributed by atoms with Gasteiger partial charge >= 0.3 is 0 Å². The number of ether oxygens (including phenoxy) is 1. The molecule has 1 heterocycles. The summed E-state index contributed by atoms with van der Waals surface area (Å²) in [7, 11) is -2.25. The van der Waals surface area contributed by atoms with E-state index < -0.39 is 10.0 Å². The molecule has 1 aromatic carbocycles. The van der Waals surface area contributed by atoms with Gasteiger partial charge in [-0.3, -0.25) is 0 Å². The van der Waals surface area contributed by atoms with Crippen LogP contribution in [0.25, 0.3) is 0 Å². The number of rotatable bonds is 5. The van der Waals surface area contributed by atoms with Crippen molar-refractivity contribution in [3.63, 3.8) is 0 Å². The Labute approximate surface area is 125 Å². The van der Waals surface area contributed by atoms with E-state index in [-0.39, 0.29) is 10.6 Å². The maximum atomic E-state index is 12.4. The fourth-order valence-electron chi connectivity index (χ4n) is 2.36. The standard InChI is InChI=1S/C14H19N3O3S/c1-20-13-7-11(8-15)4-5-14(13)21(18,19)17-10-12-3-2-6-16-9-12/h4-5,7,12,16-17H,2-3,6,9-10H2,1H3. The molecular formula is C14H19N3O3S. The van der Waals surface area contributed by atoms with E-state index in [1.54, 1.807) is 0 Å². The van der Waals surface area contributed by atoms with Crippen LogP contribution in [0.5, 0.6) is 5.75 Å². The molecule has 2 N–H and O–H groups in total. The van der Waals surface area contributed by atoms with E-state index >= 15 is 0 Å². The Morgan fingerprint density at radius 2 is 2.33 bits per heavy atom. The summed E-state index contributed by atoms with van der Waals surface area (Å²) in [5.41, 5.74) is 0.363. The minimum Gasteiger partial charge on any atom is -0.495 e. The molecule has 6 nitrogen and oxygen atoms in total. The van der Waals surface area contributed by atoms with Crippen LogP contribution in [-0.2, 0) is 10.0 Å². The molecule has 7 heteroatoms. The largest absolute Gasteiger partial charge is 0.495 e. The predicted octanol–water partition coefficient (Wildman–Crippen LogP) is 0.845. The normalized spacial score (nSPS) is 19.0. The average molecular weight is 309 g/mol. The van der Waals surface area contributed by atoms with Crippen LogP contribution < -0.4 is 14.8 Å². The maximum Gasteiger partial charge on any atom is 0.244 e. The lowest BCUT2D eigenvalue weighted by atomic mass is 10.0. The molecule has 1 saturated heterocycles. The summed E-state index contributed by atoms with van der Waals surface area (Å²) in [6.07, 6.45) is 2.08. The summed E-state index contributed by atoms with van der Waals surface area (Å²) in [5.74, 6) is 0.487. The van der Waals surface area contributed by atoms with Crippen LogP contribution in [-0.4, -0.2) is 35.2 Å². The summed E-state index contributed by atoms with van der Waals surface area (Å²) in [6, 6.07) is 6.26. The van der Waals surface area contributed by atoms with Crippen LogP contribution in [0.15, 0.2) is 23.1 Å². The molecule has 1 atom stereocenters. The Morgan fingerprint density at radius 1 is 1.52 bits per heavy atom. The zero-order chi connectivity index (χ0) is 15.3. The quantitative estimate of drug-likeness (QED) is 0.841. The van der Waals surface area contributed by atoms with Gasteiger partial charge in [0.15, 0.2) is 0 Å². The summed E-state index contributed by atoms with van der Waals surface area (Å²) < 4.78 is 32.4. The van der Waals surface area contributed by atoms with Crippen molar-refractivity contribution < 1.29 is 13.2 Å². The van der Waals surface area contributed by atoms with Gasteiger partial charge in [0.2, 0.25) is 10.0 Å². The third-order valence-corrected chi connectivity index (χ3v) is 5.01. The number of methoxy groups -OCH3 is 1. The van der Waals surface area contributed by atoms with Gasteiger partial charge in [-0.15, -0.1) is 0 Å². The molecule has 0 radical (unpaired) electrons. The lowest BCUT2D eigenvalue weighted by Gasteiger charge is -2.23. The maximum absolute atomic E-state index is 12.4. The number of nitrogens with one attached hydrogen (secondary N) is 2. The van der Waals surface area contributed by atoms with Gasteiger partial charge in [-0.05, 0) is 50.0 Å². The first-order valence-corrected chi connectivity index (χ1v) is 8.33. The molecule has 0 aliphatic carbocycles. The highest BCUT2D eigenvalue weighted by Crippen LogP contribution is 2.24. The highest BCUT2D eigenvalue weighted by Gasteiger charge is 2.22. The van der Waals surface area contributed by atoms with Crippen molar-refractivity contribution in [1.82, 2.24) is 10.0 Å². The summed E-state index contributed by atoms with van der Waals surface area (Å²) in [6.45, 7) is 2.22. The molecule has 0 bridgehead atoms. The van der Waals surface area contributed by atoms with Crippen molar-refractivity contribution in [3.8, 4) is 11.8 Å². The van der Waals surface area contributed by atoms with Gasteiger partial charge in [-0.2, -0.15) is 5.26 Å². The van der Waals surface area contributed by atoms with Crippen molar-refractivity contribution in [1.29, 1.82) is 5.26 Å². The molecule has 1 unspecified atom stereocenters. The van der Waals surface area contributed by atoms with Crippen LogP contribution in [0.2, 0.25) is 0 Å². The van der Waals surface area contributed by atoms with Crippen LogP contribution in [0, 0.1) is 17.2 Å². The number of piperidine rings is 1. The SMILES string of the molecule is COc1cc(C#N)ccc1S(=O)(=O)NCC1CCCNC1. The molecule has 0 spiro atoms. The van der Waals surface area contributed by atoms with E-state index in [1.165, 1.54) is 25.3 Å². The molecule has 0 aromatic heterocycles. The zero-order valence-electron chi connectivity index (χ0n) is 11.9. The summed E-state index contributed by atoms with van der Waals surface area (Å²) >= 11 is 0. The Hall–Kier alpha value is -1.62. The summed E-state index contributed by atoms with van der Waals surface area (Å²) in [4.78, 5) is 0.0627. The second kappa shape index (κ2) is 6.89. The highest BCUT2D eigenvalue weighted by atomic mass is 32.2. The molecule has 21 heavy (non-hydrogen) atoms. The third-order valence-electron chi connectivity index (χ3n) is 3.54. The number of sulfonamides is 1. The van der Waals surface area contributed by atoms with Crippen LogP contribution in [0.3, 0.4) is 0 Å². The molecule has 0 amide bonds. The molecule has 1 aliphatic rings. The van der Waals surface area contributed by atoms with Crippen LogP contribution in [0.1, 0.15) is 18.4 Å². The molecule has 2 rings (SSSR count). The topological polar surface area (TPSA) is 91.2 Å². The fourth-order valence-corrected chi connectivity index (χ4v) is 3.63. The lowest BCUT2D eigenvalue weighted by molar-refractivity contribution is 0.374. The van der Waals surface area contributed by atoms with E-state index in [4.69, 9.17) is 10.00 Å². The van der Waals surface area contributed by atoms with Crippen molar-refractivity contribution >= 4 is 10.0 Å². The molecule has 1 fully saturated rings. The third kappa shape index (κ3) is 3.94. The first-order valence-electron chi connectivity index (χ1n) is 6.85. The smallest absolute Gasteiger partial charge is 0.244 e. The van der Waals surface area contributed by atoms with Crippen molar-refractivity contribution in [2.75, 3.05) is 26.7 Å². The molecule has 0 saturated carbocycles. The first-order chi connectivity index (χ1) is 10.1. The lowest BCUT2D eigenvalue weighted by Crippen LogP contribution is -2.38. The minimum absolute atomic E-state index is 0.0627. The van der Waals surface area contributed by atoms with Gasteiger partial charge in [-0.25, -0.2) is 13.1 Å². The Morgan fingerprint density at radius 3 is 2.95 bits per heavy atom. The average Bonchev–Trinajstić information content (AvgIpc) is 2.53. The molecular weight excluding hydrogens is 290 g/mol. The zero-order valence-corrected chi connectivity index (χ0v) is 12.7. The van der Waals surface area contributed by atoms with E-state index in [2.05, 4.69) is 10.0 Å². The van der Waals surface area contributed by atoms with Crippen LogP contribution >= 0.6 is 0 Å². The van der Waals surface area contributed by atoms with Gasteiger partial charge in [0, 0.05) is 6.54 Å². The Balaban J connectivity index is 2.13. The Kier molecular flexibility index (Phi) is 5.17. The van der Waals surface area contributed by atoms with Gasteiger partial charge < -0.3 is 10.1 Å². The van der Waals surface area contributed by atoms with E-state index in [0.29, 0.717) is 18.0 Å². The predicted molar refractivity (Wildman–Crippen MR) is 78.5 cm³/mol. The van der Waals surface area contributed by atoms with E-state index in [9.17, 15) is 8.42 Å². The first kappa shape index (κ1) is 15.8. The molecule has 1 aliphatic heterocycles. The van der Waals surface area contributed by atoms with E-state index in [1.807, 2.05) is 6.07 Å². The minimum atomic E-state index is -3.64. The molecule has 114 valence electrons. The second-order valence-electron chi connectivity index (χ2n) is 5.04. The molecule has 1 aromatic rings. The number of benzene rings is 1. The number of hydrogen-bond acceptors (Lipinski definition) is 5. The van der Waals surface area contributed by atoms with Gasteiger partial charge in [0.05, 0.1) is 18.7 Å². The monoisotopic (exact) mass is 309 g/mol. The van der Waals surface area contributed by atoms with Crippen molar-refractivity contribution in [3.05, 3.63) is 23.8 Å². The number of hydrogen-bond donors (Lipinski definition) is 2. The second-order valence-corrected chi connectivity index (χ2v) is 6.78. The van der Waals surface area contributed by atoms with Gasteiger partial charge in [0.1, 0.15) is 10.6 Å². The van der Waals surface area contributed by atoms with Crippen LogP contribution in [0.4, 0.5) is 0 Å². The number of nitriles is 1. The number of nitrogens with zero attached hydrogens (tertiary/aromatic N) is 1. The van der Waals surface area contributed by atoms with Crippen molar-refractivity contribution in [2.45, 2.75) is 17.7 Å². The van der Waals surface area contributed by atoms with E-state index in [0.717, 1.165) is 25.9 Å². The highest BCUT2D eigenvalue weighted by molar-refractivity contribution is 7.89. The van der Waals surface area contributed by atoms with Gasteiger partial charge in [0.25, 0.3) is 0 Å².